The third-order valence-electron chi connectivity index (χ3n) is 3.65. The molecular formula is C16H18N2O4. The van der Waals surface area contributed by atoms with Gasteiger partial charge in [-0.05, 0) is 19.9 Å². The first kappa shape index (κ1) is 15.8. The van der Waals surface area contributed by atoms with E-state index in [4.69, 9.17) is 5.11 Å². The van der Waals surface area contributed by atoms with Crippen LogP contribution in [-0.4, -0.2) is 40.9 Å². The molecule has 2 rings (SSSR count). The van der Waals surface area contributed by atoms with E-state index in [1.807, 2.05) is 0 Å². The van der Waals surface area contributed by atoms with Crippen molar-refractivity contribution < 1.29 is 19.5 Å². The highest BCUT2D eigenvalue weighted by Crippen LogP contribution is 2.30. The van der Waals surface area contributed by atoms with Crippen LogP contribution in [0, 0.1) is 5.41 Å². The number of benzene rings is 1. The Morgan fingerprint density at radius 1 is 1.27 bits per heavy atom. The van der Waals surface area contributed by atoms with Crippen molar-refractivity contribution in [1.29, 1.82) is 0 Å². The Balaban J connectivity index is 2.01. The van der Waals surface area contributed by atoms with Crippen LogP contribution in [0.3, 0.4) is 0 Å². The molecule has 1 heterocycles. The van der Waals surface area contributed by atoms with E-state index in [9.17, 15) is 14.4 Å². The molecule has 1 aliphatic rings. The zero-order chi connectivity index (χ0) is 16.5. The van der Waals surface area contributed by atoms with Gasteiger partial charge in [0.05, 0.1) is 5.41 Å². The van der Waals surface area contributed by atoms with Crippen molar-refractivity contribution in [3.63, 3.8) is 0 Å². The minimum absolute atomic E-state index is 0.0113. The Labute approximate surface area is 128 Å². The highest BCUT2D eigenvalue weighted by atomic mass is 16.4. The van der Waals surface area contributed by atoms with Crippen molar-refractivity contribution >= 4 is 23.5 Å². The Morgan fingerprint density at radius 3 is 2.41 bits per heavy atom. The van der Waals surface area contributed by atoms with E-state index >= 15 is 0 Å². The van der Waals surface area contributed by atoms with Crippen LogP contribution in [0.25, 0.3) is 5.70 Å². The summed E-state index contributed by atoms with van der Waals surface area (Å²) in [4.78, 5) is 36.5. The molecule has 0 saturated carbocycles. The number of hydrogen-bond donors (Lipinski definition) is 2. The molecule has 2 amide bonds. The van der Waals surface area contributed by atoms with Crippen molar-refractivity contribution in [2.75, 3.05) is 13.1 Å². The minimum Gasteiger partial charge on any atom is -0.481 e. The Morgan fingerprint density at radius 2 is 1.86 bits per heavy atom. The maximum Gasteiger partial charge on any atom is 0.310 e. The van der Waals surface area contributed by atoms with Crippen molar-refractivity contribution in [1.82, 2.24) is 10.2 Å². The van der Waals surface area contributed by atoms with Gasteiger partial charge < -0.3 is 10.4 Å². The van der Waals surface area contributed by atoms with Crippen LogP contribution in [0.4, 0.5) is 0 Å². The maximum absolute atomic E-state index is 12.2. The Bertz CT molecular complexity index is 629. The van der Waals surface area contributed by atoms with E-state index in [1.165, 1.54) is 18.7 Å². The quantitative estimate of drug-likeness (QED) is 0.859. The second kappa shape index (κ2) is 5.63. The number of aliphatic carboxylic acids is 1. The average Bonchev–Trinajstić information content (AvgIpc) is 2.71. The van der Waals surface area contributed by atoms with Crippen molar-refractivity contribution in [2.45, 2.75) is 13.8 Å². The molecule has 0 fully saturated rings. The van der Waals surface area contributed by atoms with Gasteiger partial charge in [0, 0.05) is 23.4 Å². The van der Waals surface area contributed by atoms with E-state index in [2.05, 4.69) is 11.9 Å². The summed E-state index contributed by atoms with van der Waals surface area (Å²) in [5.74, 6) is -1.69. The van der Waals surface area contributed by atoms with Crippen LogP contribution in [0.2, 0.25) is 0 Å². The normalized spacial score (nSPS) is 14.0. The van der Waals surface area contributed by atoms with E-state index in [0.29, 0.717) is 16.8 Å². The molecule has 116 valence electrons. The number of carboxylic acid groups (broad SMARTS) is 1. The number of nitrogens with one attached hydrogen (secondary N) is 1. The van der Waals surface area contributed by atoms with Crippen LogP contribution in [0.1, 0.15) is 29.8 Å². The highest BCUT2D eigenvalue weighted by Gasteiger charge is 2.33. The third-order valence-corrected chi connectivity index (χ3v) is 3.65. The van der Waals surface area contributed by atoms with Gasteiger partial charge in [0.1, 0.15) is 6.54 Å². The summed E-state index contributed by atoms with van der Waals surface area (Å²) in [7, 11) is 0. The fourth-order valence-corrected chi connectivity index (χ4v) is 2.10. The number of hydrogen-bond acceptors (Lipinski definition) is 3. The molecule has 1 aromatic rings. The van der Waals surface area contributed by atoms with E-state index in [1.54, 1.807) is 24.3 Å². The molecule has 6 nitrogen and oxygen atoms in total. The van der Waals surface area contributed by atoms with Crippen LogP contribution in [0.15, 0.2) is 30.8 Å². The SMILES string of the molecule is C=C1c2ccccc2C(=O)N1CC(=O)NCC(C)(C)C(=O)O. The molecule has 22 heavy (non-hydrogen) atoms. The number of fused-ring (bicyclic) bond motifs is 1. The lowest BCUT2D eigenvalue weighted by Crippen LogP contribution is -2.43. The summed E-state index contributed by atoms with van der Waals surface area (Å²) in [6.07, 6.45) is 0. The summed E-state index contributed by atoms with van der Waals surface area (Å²) in [5.41, 5.74) is 0.649. The lowest BCUT2D eigenvalue weighted by atomic mass is 9.94. The molecule has 0 saturated heterocycles. The first-order valence-corrected chi connectivity index (χ1v) is 6.84. The predicted molar refractivity (Wildman–Crippen MR) is 80.9 cm³/mol. The molecule has 0 aromatic heterocycles. The first-order chi connectivity index (χ1) is 10.2. The van der Waals surface area contributed by atoms with E-state index < -0.39 is 17.3 Å². The lowest BCUT2D eigenvalue weighted by molar-refractivity contribution is -0.146. The minimum atomic E-state index is -1.06. The highest BCUT2D eigenvalue weighted by molar-refractivity contribution is 6.10. The monoisotopic (exact) mass is 302 g/mol. The summed E-state index contributed by atoms with van der Waals surface area (Å²) in [5, 5.41) is 11.6. The molecule has 2 N–H and O–H groups in total. The molecule has 1 aromatic carbocycles. The lowest BCUT2D eigenvalue weighted by Gasteiger charge is -2.21. The van der Waals surface area contributed by atoms with Gasteiger partial charge in [0.25, 0.3) is 5.91 Å². The zero-order valence-electron chi connectivity index (χ0n) is 12.5. The van der Waals surface area contributed by atoms with Gasteiger partial charge in [0.15, 0.2) is 0 Å². The molecule has 0 spiro atoms. The Kier molecular flexibility index (Phi) is 4.03. The van der Waals surface area contributed by atoms with Gasteiger partial charge in [-0.1, -0.05) is 24.8 Å². The topological polar surface area (TPSA) is 86.7 Å². The number of nitrogens with zero attached hydrogens (tertiary/aromatic N) is 1. The van der Waals surface area contributed by atoms with Crippen LogP contribution in [-0.2, 0) is 9.59 Å². The van der Waals surface area contributed by atoms with Crippen LogP contribution < -0.4 is 5.32 Å². The molecule has 0 atom stereocenters. The Hall–Kier alpha value is -2.63. The molecule has 0 bridgehead atoms. The molecule has 0 unspecified atom stereocenters. The maximum atomic E-state index is 12.2. The van der Waals surface area contributed by atoms with Gasteiger partial charge in [0.2, 0.25) is 5.91 Å². The largest absolute Gasteiger partial charge is 0.481 e. The summed E-state index contributed by atoms with van der Waals surface area (Å²) in [6, 6.07) is 7.02. The number of carboxylic acids is 1. The van der Waals surface area contributed by atoms with Crippen LogP contribution >= 0.6 is 0 Å². The second-order valence-electron chi connectivity index (χ2n) is 5.85. The number of amides is 2. The van der Waals surface area contributed by atoms with Crippen LogP contribution in [0.5, 0.6) is 0 Å². The van der Waals surface area contributed by atoms with Gasteiger partial charge in [-0.25, -0.2) is 0 Å². The second-order valence-corrected chi connectivity index (χ2v) is 5.85. The van der Waals surface area contributed by atoms with Gasteiger partial charge in [-0.2, -0.15) is 0 Å². The number of carbonyl (C=O) groups is 3. The van der Waals surface area contributed by atoms with Crippen molar-refractivity contribution in [3.8, 4) is 0 Å². The molecule has 6 heteroatoms. The predicted octanol–water partition coefficient (Wildman–Crippen LogP) is 1.34. The van der Waals surface area contributed by atoms with E-state index in [-0.39, 0.29) is 19.0 Å². The van der Waals surface area contributed by atoms with Gasteiger partial charge >= 0.3 is 5.97 Å². The number of rotatable bonds is 5. The fourth-order valence-electron chi connectivity index (χ4n) is 2.10. The molecule has 0 aliphatic carbocycles. The number of carbonyl (C=O) groups excluding carboxylic acids is 2. The summed E-state index contributed by atoms with van der Waals surface area (Å²) in [6.45, 7) is 6.70. The summed E-state index contributed by atoms with van der Waals surface area (Å²) < 4.78 is 0. The van der Waals surface area contributed by atoms with Crippen molar-refractivity contribution in [2.24, 2.45) is 5.41 Å². The smallest absolute Gasteiger partial charge is 0.310 e. The molecule has 1 aliphatic heterocycles. The van der Waals surface area contributed by atoms with E-state index in [0.717, 1.165) is 0 Å². The zero-order valence-corrected chi connectivity index (χ0v) is 12.5. The fraction of sp³-hybridized carbons (Fsp3) is 0.312. The molecule has 0 radical (unpaired) electrons. The third kappa shape index (κ3) is 2.86. The van der Waals surface area contributed by atoms with Gasteiger partial charge in [-0.15, -0.1) is 0 Å². The summed E-state index contributed by atoms with van der Waals surface area (Å²) >= 11 is 0. The average molecular weight is 302 g/mol. The van der Waals surface area contributed by atoms with Gasteiger partial charge in [-0.3, -0.25) is 19.3 Å². The van der Waals surface area contributed by atoms with Crippen molar-refractivity contribution in [3.05, 3.63) is 42.0 Å². The standard InChI is InChI=1S/C16H18N2O4/c1-10-11-6-4-5-7-12(11)14(20)18(10)8-13(19)17-9-16(2,3)15(21)22/h4-7H,1,8-9H2,2-3H3,(H,17,19)(H,21,22). The first-order valence-electron chi connectivity index (χ1n) is 6.84. The molecular weight excluding hydrogens is 284 g/mol.